The highest BCUT2D eigenvalue weighted by Gasteiger charge is 2.27. The molecule has 1 aliphatic carbocycles. The topological polar surface area (TPSA) is 29.5 Å². The minimum absolute atomic E-state index is 0.0885. The van der Waals surface area contributed by atoms with Crippen LogP contribution in [-0.4, -0.2) is 37.1 Å². The van der Waals surface area contributed by atoms with Gasteiger partial charge in [0.15, 0.2) is 0 Å². The number of hydrogen-bond acceptors (Lipinski definition) is 3. The van der Waals surface area contributed by atoms with E-state index in [4.69, 9.17) is 4.74 Å². The number of nitrogens with zero attached hydrogens (tertiary/aromatic N) is 1. The molecule has 0 spiro atoms. The molecule has 19 heavy (non-hydrogen) atoms. The number of carbonyl (C=O) groups is 1. The highest BCUT2D eigenvalue weighted by Crippen LogP contribution is 2.33. The van der Waals surface area contributed by atoms with Gasteiger partial charge in [0, 0.05) is 5.92 Å². The summed E-state index contributed by atoms with van der Waals surface area (Å²) in [6.07, 6.45) is 3.45. The van der Waals surface area contributed by atoms with E-state index in [9.17, 15) is 4.79 Å². The van der Waals surface area contributed by atoms with E-state index < -0.39 is 0 Å². The lowest BCUT2D eigenvalue weighted by molar-refractivity contribution is -0.147. The van der Waals surface area contributed by atoms with E-state index in [2.05, 4.69) is 45.6 Å². The Morgan fingerprint density at radius 3 is 2.53 bits per heavy atom. The van der Waals surface area contributed by atoms with Crippen molar-refractivity contribution in [1.82, 2.24) is 4.90 Å². The number of ether oxygens (including phenoxy) is 1. The second-order valence-electron chi connectivity index (χ2n) is 5.86. The Balaban J connectivity index is 2.41. The average Bonchev–Trinajstić information content (AvgIpc) is 2.34. The highest BCUT2D eigenvalue weighted by molar-refractivity contribution is 5.71. The smallest absolute Gasteiger partial charge is 0.320 e. The molecule has 0 aromatic rings. The van der Waals surface area contributed by atoms with Gasteiger partial charge in [0.05, 0.1) is 13.2 Å². The summed E-state index contributed by atoms with van der Waals surface area (Å²) in [4.78, 5) is 13.9. The lowest BCUT2D eigenvalue weighted by Gasteiger charge is -2.32. The molecule has 0 amide bonds. The minimum atomic E-state index is -0.0885. The number of esters is 1. The zero-order valence-electron chi connectivity index (χ0n) is 13.1. The summed E-state index contributed by atoms with van der Waals surface area (Å²) in [6.45, 7) is 13.6. The maximum Gasteiger partial charge on any atom is 0.320 e. The van der Waals surface area contributed by atoms with Crippen LogP contribution in [-0.2, 0) is 9.53 Å². The van der Waals surface area contributed by atoms with Crippen LogP contribution in [0, 0.1) is 17.8 Å². The first-order valence-electron chi connectivity index (χ1n) is 7.53. The summed E-state index contributed by atoms with van der Waals surface area (Å²) < 4.78 is 5.48. The van der Waals surface area contributed by atoms with E-state index in [0.29, 0.717) is 30.9 Å². The number of likely N-dealkylation sites (N-methyl/N-ethyl adjacent to an activating group) is 1. The summed E-state index contributed by atoms with van der Waals surface area (Å²) in [6, 6.07) is 0. The lowest BCUT2D eigenvalue weighted by atomic mass is 9.75. The zero-order chi connectivity index (χ0) is 14.4. The number of allylic oxidation sites excluding steroid dienone is 2. The van der Waals surface area contributed by atoms with Crippen LogP contribution in [0.1, 0.15) is 41.0 Å². The van der Waals surface area contributed by atoms with Gasteiger partial charge in [0.2, 0.25) is 0 Å². The van der Waals surface area contributed by atoms with Crippen molar-refractivity contribution < 1.29 is 9.53 Å². The predicted octanol–water partition coefficient (Wildman–Crippen LogP) is 3.11. The van der Waals surface area contributed by atoms with Gasteiger partial charge in [-0.05, 0) is 38.3 Å². The van der Waals surface area contributed by atoms with Crippen molar-refractivity contribution in [3.63, 3.8) is 0 Å². The second-order valence-corrected chi connectivity index (χ2v) is 5.86. The fourth-order valence-electron chi connectivity index (χ4n) is 3.00. The highest BCUT2D eigenvalue weighted by atomic mass is 16.5. The van der Waals surface area contributed by atoms with Gasteiger partial charge in [-0.3, -0.25) is 9.69 Å². The molecule has 0 N–H and O–H groups in total. The monoisotopic (exact) mass is 267 g/mol. The molecule has 1 rings (SSSR count). The quantitative estimate of drug-likeness (QED) is 0.547. The van der Waals surface area contributed by atoms with Crippen molar-refractivity contribution in [2.45, 2.75) is 41.0 Å². The molecule has 0 aromatic heterocycles. The van der Waals surface area contributed by atoms with Gasteiger partial charge >= 0.3 is 5.97 Å². The Labute approximate surface area is 118 Å². The summed E-state index contributed by atoms with van der Waals surface area (Å²) >= 11 is 0. The minimum Gasteiger partial charge on any atom is -0.464 e. The van der Waals surface area contributed by atoms with Crippen LogP contribution >= 0.6 is 0 Å². The van der Waals surface area contributed by atoms with Crippen molar-refractivity contribution in [3.05, 3.63) is 11.6 Å². The van der Waals surface area contributed by atoms with Gasteiger partial charge in [-0.15, -0.1) is 0 Å². The van der Waals surface area contributed by atoms with Gasteiger partial charge in [-0.1, -0.05) is 39.3 Å². The van der Waals surface area contributed by atoms with Crippen LogP contribution in [0.25, 0.3) is 0 Å². The maximum atomic E-state index is 11.8. The van der Waals surface area contributed by atoms with Crippen LogP contribution < -0.4 is 0 Å². The van der Waals surface area contributed by atoms with E-state index >= 15 is 0 Å². The second kappa shape index (κ2) is 7.68. The zero-order valence-corrected chi connectivity index (χ0v) is 13.1. The molecule has 0 fully saturated rings. The summed E-state index contributed by atoms with van der Waals surface area (Å²) in [5.74, 6) is 1.48. The van der Waals surface area contributed by atoms with Crippen molar-refractivity contribution in [2.24, 2.45) is 17.8 Å². The first-order valence-corrected chi connectivity index (χ1v) is 7.53. The van der Waals surface area contributed by atoms with Gasteiger partial charge in [-0.2, -0.15) is 0 Å². The third kappa shape index (κ3) is 4.98. The Hall–Kier alpha value is -0.830. The molecule has 0 radical (unpaired) electrons. The molecule has 0 saturated heterocycles. The Morgan fingerprint density at radius 1 is 1.37 bits per heavy atom. The molecule has 3 atom stereocenters. The molecule has 0 saturated carbocycles. The molecule has 3 heteroatoms. The molecule has 0 heterocycles. The molecular formula is C16H29NO2. The standard InChI is InChI=1S/C16H29NO2/c1-6-17(7-2)10-16(18)19-11-15-13(4)8-12(3)9-14(15)5/h8,13-15H,6-7,9-11H2,1-5H3. The first kappa shape index (κ1) is 16.2. The van der Waals surface area contributed by atoms with Gasteiger partial charge < -0.3 is 4.74 Å². The Morgan fingerprint density at radius 2 is 2.00 bits per heavy atom. The molecule has 0 aliphatic heterocycles. The summed E-state index contributed by atoms with van der Waals surface area (Å²) in [5.41, 5.74) is 1.46. The molecule has 1 aliphatic rings. The Kier molecular flexibility index (Phi) is 6.56. The van der Waals surface area contributed by atoms with E-state index in [-0.39, 0.29) is 5.97 Å². The first-order chi connectivity index (χ1) is 8.97. The largest absolute Gasteiger partial charge is 0.464 e. The molecule has 0 aromatic carbocycles. The van der Waals surface area contributed by atoms with Crippen molar-refractivity contribution in [1.29, 1.82) is 0 Å². The summed E-state index contributed by atoms with van der Waals surface area (Å²) in [7, 11) is 0. The van der Waals surface area contributed by atoms with Gasteiger partial charge in [-0.25, -0.2) is 0 Å². The molecule has 3 nitrogen and oxygen atoms in total. The molecule has 110 valence electrons. The average molecular weight is 267 g/mol. The number of carbonyl (C=O) groups excluding carboxylic acids is 1. The van der Waals surface area contributed by atoms with E-state index in [1.54, 1.807) is 0 Å². The van der Waals surface area contributed by atoms with Gasteiger partial charge in [0.1, 0.15) is 0 Å². The predicted molar refractivity (Wildman–Crippen MR) is 78.9 cm³/mol. The Bertz CT molecular complexity index is 321. The van der Waals surface area contributed by atoms with Crippen LogP contribution in [0.5, 0.6) is 0 Å². The SMILES string of the molecule is CCN(CC)CC(=O)OCC1C(C)C=C(C)CC1C. The fourth-order valence-corrected chi connectivity index (χ4v) is 3.00. The van der Waals surface area contributed by atoms with Crippen LogP contribution in [0.2, 0.25) is 0 Å². The maximum absolute atomic E-state index is 11.8. The van der Waals surface area contributed by atoms with Crippen LogP contribution in [0.3, 0.4) is 0 Å². The fraction of sp³-hybridized carbons (Fsp3) is 0.812. The van der Waals surface area contributed by atoms with Crippen LogP contribution in [0.4, 0.5) is 0 Å². The van der Waals surface area contributed by atoms with Crippen molar-refractivity contribution >= 4 is 5.97 Å². The van der Waals surface area contributed by atoms with E-state index in [0.717, 1.165) is 19.5 Å². The third-order valence-corrected chi connectivity index (χ3v) is 4.28. The molecular weight excluding hydrogens is 238 g/mol. The lowest BCUT2D eigenvalue weighted by Crippen LogP contribution is -2.33. The van der Waals surface area contributed by atoms with Crippen molar-refractivity contribution in [2.75, 3.05) is 26.2 Å². The van der Waals surface area contributed by atoms with E-state index in [1.165, 1.54) is 5.57 Å². The third-order valence-electron chi connectivity index (χ3n) is 4.28. The number of rotatable bonds is 6. The molecule has 0 bridgehead atoms. The van der Waals surface area contributed by atoms with E-state index in [1.807, 2.05) is 0 Å². The van der Waals surface area contributed by atoms with Crippen molar-refractivity contribution in [3.8, 4) is 0 Å². The van der Waals surface area contributed by atoms with Crippen LogP contribution in [0.15, 0.2) is 11.6 Å². The summed E-state index contributed by atoms with van der Waals surface area (Å²) in [5, 5.41) is 0. The molecule has 3 unspecified atom stereocenters. The normalized spacial score (nSPS) is 27.3. The number of hydrogen-bond donors (Lipinski definition) is 0. The van der Waals surface area contributed by atoms with Gasteiger partial charge in [0.25, 0.3) is 0 Å².